The molecule has 1 amide bonds. The van der Waals surface area contributed by atoms with Gasteiger partial charge in [0.2, 0.25) is 0 Å². The highest BCUT2D eigenvalue weighted by Gasteiger charge is 2.32. The first-order valence-electron chi connectivity index (χ1n) is 6.85. The number of carbonyl (C=O) groups excluding carboxylic acids is 1. The smallest absolute Gasteiger partial charge is 0.256 e. The van der Waals surface area contributed by atoms with Gasteiger partial charge < -0.3 is 14.9 Å². The van der Waals surface area contributed by atoms with Crippen LogP contribution in [0.4, 0.5) is 0 Å². The summed E-state index contributed by atoms with van der Waals surface area (Å²) in [6.07, 6.45) is 3.52. The molecule has 0 bridgehead atoms. The fraction of sp³-hybridized carbons (Fsp3) is 0.714. The van der Waals surface area contributed by atoms with Crippen molar-refractivity contribution in [3.8, 4) is 0 Å². The molecule has 0 aromatic carbocycles. The van der Waals surface area contributed by atoms with Crippen molar-refractivity contribution in [2.45, 2.75) is 52.1 Å². The van der Waals surface area contributed by atoms with E-state index in [-0.39, 0.29) is 5.91 Å². The summed E-state index contributed by atoms with van der Waals surface area (Å²) >= 11 is 0. The van der Waals surface area contributed by atoms with Crippen LogP contribution in [0.3, 0.4) is 0 Å². The van der Waals surface area contributed by atoms with Crippen molar-refractivity contribution in [1.29, 1.82) is 0 Å². The molecule has 1 aliphatic rings. The van der Waals surface area contributed by atoms with E-state index in [1.54, 1.807) is 13.8 Å². The minimum absolute atomic E-state index is 0.219. The lowest BCUT2D eigenvalue weighted by molar-refractivity contribution is -0.00542. The van der Waals surface area contributed by atoms with Crippen molar-refractivity contribution < 1.29 is 14.4 Å². The van der Waals surface area contributed by atoms with E-state index in [4.69, 9.17) is 4.52 Å². The molecular formula is C14H22N2O3. The quantitative estimate of drug-likeness (QED) is 0.877. The van der Waals surface area contributed by atoms with Crippen molar-refractivity contribution in [2.24, 2.45) is 5.92 Å². The van der Waals surface area contributed by atoms with Crippen molar-refractivity contribution in [3.63, 3.8) is 0 Å². The minimum atomic E-state index is -0.763. The Morgan fingerprint density at radius 1 is 1.47 bits per heavy atom. The van der Waals surface area contributed by atoms with Gasteiger partial charge in [-0.1, -0.05) is 12.1 Å². The molecule has 1 aromatic heterocycles. The number of rotatable bonds is 3. The topological polar surface area (TPSA) is 75.4 Å². The Bertz CT molecular complexity index is 440. The average molecular weight is 266 g/mol. The Morgan fingerprint density at radius 2 is 2.11 bits per heavy atom. The van der Waals surface area contributed by atoms with Crippen molar-refractivity contribution in [1.82, 2.24) is 10.5 Å². The number of aryl methyl sites for hydroxylation is 2. The SMILES string of the molecule is Cc1noc(C)c1C(=O)NCC1(O)CCC(C)CC1. The van der Waals surface area contributed by atoms with Gasteiger partial charge in [0, 0.05) is 6.54 Å². The predicted molar refractivity (Wildman–Crippen MR) is 70.9 cm³/mol. The molecule has 2 N–H and O–H groups in total. The molecule has 1 saturated carbocycles. The summed E-state index contributed by atoms with van der Waals surface area (Å²) in [5.74, 6) is 0.959. The van der Waals surface area contributed by atoms with Crippen LogP contribution in [0, 0.1) is 19.8 Å². The number of carbonyl (C=O) groups is 1. The summed E-state index contributed by atoms with van der Waals surface area (Å²) in [5.41, 5.74) is 0.299. The molecular weight excluding hydrogens is 244 g/mol. The van der Waals surface area contributed by atoms with E-state index in [1.807, 2.05) is 0 Å². The zero-order valence-electron chi connectivity index (χ0n) is 11.8. The van der Waals surface area contributed by atoms with Gasteiger partial charge >= 0.3 is 0 Å². The molecule has 1 aromatic rings. The number of nitrogens with one attached hydrogen (secondary N) is 1. The highest BCUT2D eigenvalue weighted by atomic mass is 16.5. The number of hydrogen-bond acceptors (Lipinski definition) is 4. The van der Waals surface area contributed by atoms with Crippen LogP contribution in [-0.4, -0.2) is 28.3 Å². The van der Waals surface area contributed by atoms with E-state index < -0.39 is 5.60 Å². The highest BCUT2D eigenvalue weighted by Crippen LogP contribution is 2.31. The van der Waals surface area contributed by atoms with Crippen LogP contribution in [0.1, 0.15) is 54.4 Å². The standard InChI is InChI=1S/C14H22N2O3/c1-9-4-6-14(18,7-5-9)8-15-13(17)12-10(2)16-19-11(12)3/h9,18H,4-8H2,1-3H3,(H,15,17). The van der Waals surface area contributed by atoms with Crippen LogP contribution < -0.4 is 5.32 Å². The van der Waals surface area contributed by atoms with E-state index in [0.29, 0.717) is 29.5 Å². The number of aliphatic hydroxyl groups is 1. The number of aromatic nitrogens is 1. The lowest BCUT2D eigenvalue weighted by Crippen LogP contribution is -2.45. The molecule has 5 nitrogen and oxygen atoms in total. The van der Waals surface area contributed by atoms with E-state index in [0.717, 1.165) is 25.7 Å². The molecule has 19 heavy (non-hydrogen) atoms. The van der Waals surface area contributed by atoms with Gasteiger partial charge in [0.15, 0.2) is 0 Å². The molecule has 0 radical (unpaired) electrons. The predicted octanol–water partition coefficient (Wildman–Crippen LogP) is 1.96. The molecule has 0 saturated heterocycles. The van der Waals surface area contributed by atoms with Gasteiger partial charge in [-0.15, -0.1) is 0 Å². The Balaban J connectivity index is 1.94. The second-order valence-electron chi connectivity index (χ2n) is 5.79. The van der Waals surface area contributed by atoms with E-state index in [1.165, 1.54) is 0 Å². The third-order valence-electron chi connectivity index (χ3n) is 4.04. The minimum Gasteiger partial charge on any atom is -0.388 e. The molecule has 5 heteroatoms. The van der Waals surface area contributed by atoms with Gasteiger partial charge in [0.1, 0.15) is 11.3 Å². The fourth-order valence-electron chi connectivity index (χ4n) is 2.62. The molecule has 0 unspecified atom stereocenters. The van der Waals surface area contributed by atoms with Crippen LogP contribution in [0.2, 0.25) is 0 Å². The lowest BCUT2D eigenvalue weighted by atomic mass is 9.79. The second kappa shape index (κ2) is 5.33. The number of amides is 1. The van der Waals surface area contributed by atoms with Crippen molar-refractivity contribution in [2.75, 3.05) is 6.54 Å². The monoisotopic (exact) mass is 266 g/mol. The summed E-state index contributed by atoms with van der Waals surface area (Å²) < 4.78 is 4.97. The molecule has 0 aliphatic heterocycles. The fourth-order valence-corrected chi connectivity index (χ4v) is 2.62. The average Bonchev–Trinajstić information content (AvgIpc) is 2.71. The van der Waals surface area contributed by atoms with Crippen LogP contribution in [-0.2, 0) is 0 Å². The lowest BCUT2D eigenvalue weighted by Gasteiger charge is -2.34. The van der Waals surface area contributed by atoms with Crippen LogP contribution in [0.5, 0.6) is 0 Å². The van der Waals surface area contributed by atoms with E-state index in [9.17, 15) is 9.90 Å². The zero-order valence-corrected chi connectivity index (χ0v) is 11.8. The Kier molecular flexibility index (Phi) is 3.94. The van der Waals surface area contributed by atoms with Gasteiger partial charge in [0.25, 0.3) is 5.91 Å². The van der Waals surface area contributed by atoms with Crippen LogP contribution in [0.25, 0.3) is 0 Å². The summed E-state index contributed by atoms with van der Waals surface area (Å²) in [6.45, 7) is 5.94. The molecule has 106 valence electrons. The van der Waals surface area contributed by atoms with E-state index >= 15 is 0 Å². The molecule has 1 heterocycles. The largest absolute Gasteiger partial charge is 0.388 e. The first-order chi connectivity index (χ1) is 8.91. The summed E-state index contributed by atoms with van der Waals surface area (Å²) in [4.78, 5) is 12.1. The zero-order chi connectivity index (χ0) is 14.0. The van der Waals surface area contributed by atoms with Gasteiger partial charge in [-0.05, 0) is 45.4 Å². The van der Waals surface area contributed by atoms with Crippen molar-refractivity contribution in [3.05, 3.63) is 17.0 Å². The highest BCUT2D eigenvalue weighted by molar-refractivity contribution is 5.96. The van der Waals surface area contributed by atoms with Gasteiger partial charge in [-0.25, -0.2) is 0 Å². The second-order valence-corrected chi connectivity index (χ2v) is 5.79. The maximum absolute atomic E-state index is 12.1. The molecule has 1 aliphatic carbocycles. The number of nitrogens with zero attached hydrogens (tertiary/aromatic N) is 1. The maximum Gasteiger partial charge on any atom is 0.256 e. The van der Waals surface area contributed by atoms with Crippen molar-refractivity contribution >= 4 is 5.91 Å². The first-order valence-corrected chi connectivity index (χ1v) is 6.85. The van der Waals surface area contributed by atoms with Gasteiger partial charge in [-0.3, -0.25) is 4.79 Å². The number of hydrogen-bond donors (Lipinski definition) is 2. The molecule has 1 fully saturated rings. The Labute approximate surface area is 113 Å². The summed E-state index contributed by atoms with van der Waals surface area (Å²) in [7, 11) is 0. The maximum atomic E-state index is 12.1. The third-order valence-corrected chi connectivity index (χ3v) is 4.04. The van der Waals surface area contributed by atoms with Gasteiger partial charge in [-0.2, -0.15) is 0 Å². The van der Waals surface area contributed by atoms with Crippen LogP contribution >= 0.6 is 0 Å². The van der Waals surface area contributed by atoms with Crippen LogP contribution in [0.15, 0.2) is 4.52 Å². The Hall–Kier alpha value is -1.36. The van der Waals surface area contributed by atoms with E-state index in [2.05, 4.69) is 17.4 Å². The Morgan fingerprint density at radius 3 is 2.63 bits per heavy atom. The van der Waals surface area contributed by atoms with Gasteiger partial charge in [0.05, 0.1) is 11.3 Å². The summed E-state index contributed by atoms with van der Waals surface area (Å²) in [6, 6.07) is 0. The molecule has 2 rings (SSSR count). The third kappa shape index (κ3) is 3.15. The molecule has 0 spiro atoms. The summed E-state index contributed by atoms with van der Waals surface area (Å²) in [5, 5.41) is 17.0. The first kappa shape index (κ1) is 14.1. The normalized spacial score (nSPS) is 27.3. The molecule has 0 atom stereocenters.